The van der Waals surface area contributed by atoms with Crippen LogP contribution in [-0.2, 0) is 6.54 Å². The maximum Gasteiger partial charge on any atom is 0.129 e. The molecule has 2 nitrogen and oxygen atoms in total. The number of nitrogens with one attached hydrogen (secondary N) is 1. The van der Waals surface area contributed by atoms with Crippen LogP contribution in [0.5, 0.6) is 0 Å². The molecule has 0 aromatic carbocycles. The first-order valence-electron chi connectivity index (χ1n) is 6.16. The molecule has 0 atom stereocenters. The fourth-order valence-electron chi connectivity index (χ4n) is 2.35. The van der Waals surface area contributed by atoms with Crippen LogP contribution in [0.4, 0.5) is 0 Å². The monoisotopic (exact) mass is 238 g/mol. The Labute approximate surface area is 102 Å². The van der Waals surface area contributed by atoms with E-state index in [0.29, 0.717) is 5.15 Å². The van der Waals surface area contributed by atoms with Crippen molar-refractivity contribution in [1.82, 2.24) is 10.3 Å². The number of pyridine rings is 1. The number of halogens is 1. The van der Waals surface area contributed by atoms with E-state index >= 15 is 0 Å². The van der Waals surface area contributed by atoms with Gasteiger partial charge in [-0.3, -0.25) is 0 Å². The van der Waals surface area contributed by atoms with Crippen LogP contribution in [0.1, 0.15) is 37.7 Å². The molecule has 3 heteroatoms. The Morgan fingerprint density at radius 2 is 2.12 bits per heavy atom. The second kappa shape index (κ2) is 6.21. The molecule has 0 amide bonds. The van der Waals surface area contributed by atoms with Crippen LogP contribution in [0, 0.1) is 5.92 Å². The Bertz CT molecular complexity index is 304. The fraction of sp³-hybridized carbons (Fsp3) is 0.615. The maximum atomic E-state index is 5.73. The Balaban J connectivity index is 1.62. The third-order valence-electron chi connectivity index (χ3n) is 3.32. The predicted octanol–water partition coefficient (Wildman–Crippen LogP) is 3.40. The van der Waals surface area contributed by atoms with Crippen LogP contribution < -0.4 is 5.32 Å². The highest BCUT2D eigenvalue weighted by Crippen LogP contribution is 2.26. The standard InChI is InChI=1S/C13H19ClN2/c14-13-6-5-12(10-16-13)9-15-8-7-11-3-1-2-4-11/h5-6,10-11,15H,1-4,7-9H2. The number of rotatable bonds is 5. The maximum absolute atomic E-state index is 5.73. The van der Waals surface area contributed by atoms with Crippen LogP contribution in [0.15, 0.2) is 18.3 Å². The molecule has 1 aromatic heterocycles. The van der Waals surface area contributed by atoms with E-state index in [9.17, 15) is 0 Å². The summed E-state index contributed by atoms with van der Waals surface area (Å²) in [5, 5.41) is 4.03. The van der Waals surface area contributed by atoms with Gasteiger partial charge in [0.15, 0.2) is 0 Å². The second-order valence-electron chi connectivity index (χ2n) is 4.61. The first-order chi connectivity index (χ1) is 7.84. The highest BCUT2D eigenvalue weighted by Gasteiger charge is 2.13. The normalized spacial score (nSPS) is 16.8. The predicted molar refractivity (Wildman–Crippen MR) is 67.5 cm³/mol. The molecule has 1 N–H and O–H groups in total. The lowest BCUT2D eigenvalue weighted by Gasteiger charge is -2.09. The molecule has 2 rings (SSSR count). The molecule has 1 aliphatic carbocycles. The summed E-state index contributed by atoms with van der Waals surface area (Å²) in [6.07, 6.45) is 8.90. The van der Waals surface area contributed by atoms with E-state index < -0.39 is 0 Å². The second-order valence-corrected chi connectivity index (χ2v) is 4.99. The highest BCUT2D eigenvalue weighted by molar-refractivity contribution is 6.29. The van der Waals surface area contributed by atoms with Crippen molar-refractivity contribution < 1.29 is 0 Å². The van der Waals surface area contributed by atoms with Gasteiger partial charge in [-0.15, -0.1) is 0 Å². The summed E-state index contributed by atoms with van der Waals surface area (Å²) < 4.78 is 0. The molecule has 0 saturated heterocycles. The lowest BCUT2D eigenvalue weighted by atomic mass is 10.0. The zero-order valence-electron chi connectivity index (χ0n) is 9.58. The minimum atomic E-state index is 0.565. The SMILES string of the molecule is Clc1ccc(CNCCC2CCCC2)cn1. The van der Waals surface area contributed by atoms with Crippen LogP contribution >= 0.6 is 11.6 Å². The van der Waals surface area contributed by atoms with Gasteiger partial charge in [-0.2, -0.15) is 0 Å². The number of nitrogens with zero attached hydrogens (tertiary/aromatic N) is 1. The summed E-state index contributed by atoms with van der Waals surface area (Å²) in [7, 11) is 0. The minimum Gasteiger partial charge on any atom is -0.313 e. The van der Waals surface area contributed by atoms with E-state index in [1.807, 2.05) is 18.3 Å². The molecule has 1 aromatic rings. The summed E-state index contributed by atoms with van der Waals surface area (Å²) in [5.41, 5.74) is 1.20. The molecule has 0 spiro atoms. The number of aromatic nitrogens is 1. The van der Waals surface area contributed by atoms with Crippen LogP contribution in [0.3, 0.4) is 0 Å². The molecular weight excluding hydrogens is 220 g/mol. The lowest BCUT2D eigenvalue weighted by molar-refractivity contribution is 0.477. The Morgan fingerprint density at radius 3 is 2.81 bits per heavy atom. The van der Waals surface area contributed by atoms with E-state index in [1.54, 1.807) is 0 Å². The average molecular weight is 239 g/mol. The Morgan fingerprint density at radius 1 is 1.31 bits per heavy atom. The first-order valence-corrected chi connectivity index (χ1v) is 6.53. The topological polar surface area (TPSA) is 24.9 Å². The van der Waals surface area contributed by atoms with Crippen molar-refractivity contribution in [2.75, 3.05) is 6.54 Å². The van der Waals surface area contributed by atoms with Crippen molar-refractivity contribution in [2.45, 2.75) is 38.6 Å². The third-order valence-corrected chi connectivity index (χ3v) is 3.55. The van der Waals surface area contributed by atoms with Crippen molar-refractivity contribution in [3.8, 4) is 0 Å². The highest BCUT2D eigenvalue weighted by atomic mass is 35.5. The van der Waals surface area contributed by atoms with Crippen molar-refractivity contribution in [1.29, 1.82) is 0 Å². The lowest BCUT2D eigenvalue weighted by Crippen LogP contribution is -2.17. The molecule has 16 heavy (non-hydrogen) atoms. The van der Waals surface area contributed by atoms with Crippen LogP contribution in [-0.4, -0.2) is 11.5 Å². The minimum absolute atomic E-state index is 0.565. The fourth-order valence-corrected chi connectivity index (χ4v) is 2.46. The number of hydrogen-bond donors (Lipinski definition) is 1. The summed E-state index contributed by atoms with van der Waals surface area (Å²) in [5.74, 6) is 0.968. The van der Waals surface area contributed by atoms with Crippen molar-refractivity contribution in [3.05, 3.63) is 29.0 Å². The molecule has 0 aliphatic heterocycles. The summed E-state index contributed by atoms with van der Waals surface area (Å²) in [6, 6.07) is 3.87. The van der Waals surface area contributed by atoms with Gasteiger partial charge in [-0.1, -0.05) is 43.4 Å². The smallest absolute Gasteiger partial charge is 0.129 e. The first kappa shape index (κ1) is 11.9. The number of hydrogen-bond acceptors (Lipinski definition) is 2. The average Bonchev–Trinajstić information content (AvgIpc) is 2.80. The quantitative estimate of drug-likeness (QED) is 0.628. The van der Waals surface area contributed by atoms with Gasteiger partial charge in [0, 0.05) is 12.7 Å². The van der Waals surface area contributed by atoms with Crippen molar-refractivity contribution in [3.63, 3.8) is 0 Å². The largest absolute Gasteiger partial charge is 0.313 e. The van der Waals surface area contributed by atoms with Gasteiger partial charge in [-0.25, -0.2) is 4.98 Å². The van der Waals surface area contributed by atoms with Gasteiger partial charge in [0.2, 0.25) is 0 Å². The Kier molecular flexibility index (Phi) is 4.61. The molecule has 88 valence electrons. The van der Waals surface area contributed by atoms with Gasteiger partial charge in [-0.05, 0) is 30.5 Å². The van der Waals surface area contributed by atoms with Gasteiger partial charge in [0.1, 0.15) is 5.15 Å². The summed E-state index contributed by atoms with van der Waals surface area (Å²) in [6.45, 7) is 2.02. The molecule has 0 radical (unpaired) electrons. The summed E-state index contributed by atoms with van der Waals surface area (Å²) >= 11 is 5.73. The molecular formula is C13H19ClN2. The third kappa shape index (κ3) is 3.76. The van der Waals surface area contributed by atoms with Gasteiger partial charge >= 0.3 is 0 Å². The molecule has 0 unspecified atom stereocenters. The molecule has 1 fully saturated rings. The van der Waals surface area contributed by atoms with Gasteiger partial charge in [0.25, 0.3) is 0 Å². The van der Waals surface area contributed by atoms with E-state index in [1.165, 1.54) is 37.7 Å². The van der Waals surface area contributed by atoms with Crippen molar-refractivity contribution >= 4 is 11.6 Å². The van der Waals surface area contributed by atoms with Crippen LogP contribution in [0.25, 0.3) is 0 Å². The van der Waals surface area contributed by atoms with Crippen LogP contribution in [0.2, 0.25) is 5.15 Å². The Hall–Kier alpha value is -0.600. The van der Waals surface area contributed by atoms with E-state index in [4.69, 9.17) is 11.6 Å². The molecule has 1 aliphatic rings. The molecule has 1 saturated carbocycles. The van der Waals surface area contributed by atoms with E-state index in [-0.39, 0.29) is 0 Å². The summed E-state index contributed by atoms with van der Waals surface area (Å²) in [4.78, 5) is 4.06. The van der Waals surface area contributed by atoms with E-state index in [0.717, 1.165) is 19.0 Å². The zero-order valence-corrected chi connectivity index (χ0v) is 10.3. The zero-order chi connectivity index (χ0) is 11.2. The van der Waals surface area contributed by atoms with Gasteiger partial charge in [0.05, 0.1) is 0 Å². The molecule has 1 heterocycles. The molecule has 0 bridgehead atoms. The van der Waals surface area contributed by atoms with Gasteiger partial charge < -0.3 is 5.32 Å². The van der Waals surface area contributed by atoms with E-state index in [2.05, 4.69) is 10.3 Å². The van der Waals surface area contributed by atoms with Crippen molar-refractivity contribution in [2.24, 2.45) is 5.92 Å².